The summed E-state index contributed by atoms with van der Waals surface area (Å²) in [5.74, 6) is 0. The quantitative estimate of drug-likeness (QED) is 0.121. The van der Waals surface area contributed by atoms with Crippen molar-refractivity contribution in [2.24, 2.45) is 5.73 Å². The fraction of sp³-hybridized carbons (Fsp3) is 1.00. The molecular formula is C20H37NO16. The Hall–Kier alpha value is -0.680. The summed E-state index contributed by atoms with van der Waals surface area (Å²) in [6.45, 7) is -2.16. The van der Waals surface area contributed by atoms with Gasteiger partial charge in [-0.25, -0.2) is 0 Å². The van der Waals surface area contributed by atoms with E-state index in [1.807, 2.05) is 0 Å². The van der Waals surface area contributed by atoms with Crippen LogP contribution in [0, 0.1) is 0 Å². The zero-order chi connectivity index (χ0) is 27.4. The zero-order valence-electron chi connectivity index (χ0n) is 19.7. The molecule has 37 heavy (non-hydrogen) atoms. The molecule has 3 rings (SSSR count). The van der Waals surface area contributed by atoms with Crippen LogP contribution in [0.4, 0.5) is 0 Å². The molecule has 3 saturated heterocycles. The van der Waals surface area contributed by atoms with Crippen molar-refractivity contribution in [2.75, 3.05) is 33.0 Å². The lowest BCUT2D eigenvalue weighted by molar-refractivity contribution is -0.379. The number of aliphatic hydroxyl groups excluding tert-OH is 10. The van der Waals surface area contributed by atoms with Crippen molar-refractivity contribution in [1.29, 1.82) is 0 Å². The Balaban J connectivity index is 1.70. The van der Waals surface area contributed by atoms with Crippen LogP contribution in [-0.4, -0.2) is 176 Å². The Morgan fingerprint density at radius 1 is 0.514 bits per heavy atom. The minimum atomic E-state index is -1.90. The molecule has 0 amide bonds. The van der Waals surface area contributed by atoms with Gasteiger partial charge in [-0.3, -0.25) is 0 Å². The van der Waals surface area contributed by atoms with E-state index in [-0.39, 0.29) is 13.2 Å². The first-order valence-electron chi connectivity index (χ1n) is 11.8. The Kier molecular flexibility index (Phi) is 11.3. The van der Waals surface area contributed by atoms with E-state index in [0.717, 1.165) is 0 Å². The largest absolute Gasteiger partial charge is 0.394 e. The number of hydrogen-bond acceptors (Lipinski definition) is 17. The SMILES string of the molecule is NCCO[C@@H]1OC(CO)[C@@H](O[C@@H]2OC(CO)[C@H](O[C@H]3OC(CO)[C@H](O)C(O)[C@@H]3O)C(O)[C@@H]2O)C(O)[C@@H]1O. The third-order valence-electron chi connectivity index (χ3n) is 6.47. The molecule has 218 valence electrons. The third kappa shape index (κ3) is 6.56. The highest BCUT2D eigenvalue weighted by Gasteiger charge is 2.53. The van der Waals surface area contributed by atoms with Crippen LogP contribution >= 0.6 is 0 Å². The molecule has 0 bridgehead atoms. The summed E-state index contributed by atoms with van der Waals surface area (Å²) in [6.07, 6.45) is -24.2. The summed E-state index contributed by atoms with van der Waals surface area (Å²) in [5.41, 5.74) is 5.35. The lowest BCUT2D eigenvalue weighted by Crippen LogP contribution is -2.66. The van der Waals surface area contributed by atoms with Crippen molar-refractivity contribution >= 4 is 0 Å². The van der Waals surface area contributed by atoms with E-state index < -0.39 is 112 Å². The molecule has 0 aromatic carbocycles. The number of aliphatic hydroxyl groups is 10. The molecule has 0 radical (unpaired) electrons. The number of hydrogen-bond donors (Lipinski definition) is 11. The first-order valence-corrected chi connectivity index (χ1v) is 11.8. The summed E-state index contributed by atoms with van der Waals surface area (Å²) < 4.78 is 32.4. The van der Waals surface area contributed by atoms with Crippen molar-refractivity contribution in [3.8, 4) is 0 Å². The summed E-state index contributed by atoms with van der Waals surface area (Å²) in [7, 11) is 0. The van der Waals surface area contributed by atoms with Gasteiger partial charge in [0.25, 0.3) is 0 Å². The highest BCUT2D eigenvalue weighted by molar-refractivity contribution is 4.96. The van der Waals surface area contributed by atoms with E-state index in [1.54, 1.807) is 0 Å². The molecule has 0 saturated carbocycles. The Morgan fingerprint density at radius 3 is 1.38 bits per heavy atom. The standard InChI is InChI=1S/C20H37NO16/c21-1-2-32-18-14(30)11(27)16(7(4-23)34-18)37-20-15(31)12(28)17(8(5-24)35-20)36-19-13(29)10(26)9(25)6(3-22)33-19/h6-20,22-31H,1-5,21H2/t6?,7?,8?,9-,10?,11?,12?,13-,14-,15-,16+,17-,18+,19+,20-/m0/s1. The van der Waals surface area contributed by atoms with Crippen molar-refractivity contribution < 1.29 is 79.5 Å². The third-order valence-corrected chi connectivity index (χ3v) is 6.47. The van der Waals surface area contributed by atoms with Crippen molar-refractivity contribution in [3.63, 3.8) is 0 Å². The highest BCUT2D eigenvalue weighted by atomic mass is 16.8. The molecule has 3 fully saturated rings. The van der Waals surface area contributed by atoms with Gasteiger partial charge in [0.1, 0.15) is 73.2 Å². The molecule has 15 atom stereocenters. The van der Waals surface area contributed by atoms with Crippen LogP contribution in [0.5, 0.6) is 0 Å². The first-order chi connectivity index (χ1) is 17.6. The number of rotatable bonds is 10. The second-order valence-electron chi connectivity index (χ2n) is 8.97. The van der Waals surface area contributed by atoms with E-state index in [0.29, 0.717) is 0 Å². The molecule has 12 N–H and O–H groups in total. The molecule has 3 aliphatic heterocycles. The van der Waals surface area contributed by atoms with E-state index >= 15 is 0 Å². The van der Waals surface area contributed by atoms with Gasteiger partial charge in [-0.15, -0.1) is 0 Å². The van der Waals surface area contributed by atoms with Gasteiger partial charge in [0.05, 0.1) is 26.4 Å². The van der Waals surface area contributed by atoms with Crippen LogP contribution < -0.4 is 5.73 Å². The van der Waals surface area contributed by atoms with Gasteiger partial charge >= 0.3 is 0 Å². The van der Waals surface area contributed by atoms with Gasteiger partial charge in [0, 0.05) is 6.54 Å². The van der Waals surface area contributed by atoms with E-state index in [4.69, 9.17) is 34.2 Å². The molecule has 17 heteroatoms. The van der Waals surface area contributed by atoms with Gasteiger partial charge < -0.3 is 85.2 Å². The maximum atomic E-state index is 10.7. The van der Waals surface area contributed by atoms with Gasteiger partial charge in [-0.05, 0) is 0 Å². The van der Waals surface area contributed by atoms with Crippen LogP contribution in [0.15, 0.2) is 0 Å². The molecule has 0 spiro atoms. The molecule has 3 heterocycles. The maximum absolute atomic E-state index is 10.7. The molecule has 17 nitrogen and oxygen atoms in total. The normalized spacial score (nSPS) is 49.2. The fourth-order valence-electron chi connectivity index (χ4n) is 4.37. The molecule has 0 aromatic heterocycles. The lowest BCUT2D eigenvalue weighted by Gasteiger charge is -2.48. The van der Waals surface area contributed by atoms with Crippen LogP contribution in [0.2, 0.25) is 0 Å². The minimum absolute atomic E-state index is 0.0111. The van der Waals surface area contributed by atoms with Gasteiger partial charge in [-0.2, -0.15) is 0 Å². The predicted molar refractivity (Wildman–Crippen MR) is 114 cm³/mol. The van der Waals surface area contributed by atoms with Crippen molar-refractivity contribution in [1.82, 2.24) is 0 Å². The van der Waals surface area contributed by atoms with E-state index in [2.05, 4.69) is 0 Å². The average Bonchev–Trinajstić information content (AvgIpc) is 2.90. The second-order valence-corrected chi connectivity index (χ2v) is 8.97. The number of ether oxygens (including phenoxy) is 6. The van der Waals surface area contributed by atoms with Crippen LogP contribution in [0.1, 0.15) is 0 Å². The van der Waals surface area contributed by atoms with Crippen molar-refractivity contribution in [3.05, 3.63) is 0 Å². The van der Waals surface area contributed by atoms with Crippen molar-refractivity contribution in [2.45, 2.75) is 92.1 Å². The van der Waals surface area contributed by atoms with E-state index in [1.165, 1.54) is 0 Å². The van der Waals surface area contributed by atoms with Gasteiger partial charge in [-0.1, -0.05) is 0 Å². The van der Waals surface area contributed by atoms with Crippen LogP contribution in [-0.2, 0) is 28.4 Å². The summed E-state index contributed by atoms with van der Waals surface area (Å²) in [4.78, 5) is 0. The molecule has 3 aliphatic rings. The summed E-state index contributed by atoms with van der Waals surface area (Å²) in [6, 6.07) is 0. The molecule has 0 aliphatic carbocycles. The molecule has 0 aromatic rings. The average molecular weight is 548 g/mol. The monoisotopic (exact) mass is 547 g/mol. The predicted octanol–water partition coefficient (Wildman–Crippen LogP) is -7.59. The first kappa shape index (κ1) is 30.9. The van der Waals surface area contributed by atoms with Crippen LogP contribution in [0.3, 0.4) is 0 Å². The number of nitrogens with two attached hydrogens (primary N) is 1. The fourth-order valence-corrected chi connectivity index (χ4v) is 4.37. The maximum Gasteiger partial charge on any atom is 0.187 e. The summed E-state index contributed by atoms with van der Waals surface area (Å²) >= 11 is 0. The molecule has 6 unspecified atom stereocenters. The zero-order valence-corrected chi connectivity index (χ0v) is 19.7. The lowest BCUT2D eigenvalue weighted by atomic mass is 9.96. The Labute approximate surface area is 211 Å². The van der Waals surface area contributed by atoms with E-state index in [9.17, 15) is 51.1 Å². The topological polar surface area (TPSA) is 284 Å². The molecular weight excluding hydrogens is 510 g/mol. The smallest absolute Gasteiger partial charge is 0.187 e. The van der Waals surface area contributed by atoms with Gasteiger partial charge in [0.15, 0.2) is 18.9 Å². The van der Waals surface area contributed by atoms with Crippen LogP contribution in [0.25, 0.3) is 0 Å². The minimum Gasteiger partial charge on any atom is -0.394 e. The Bertz CT molecular complexity index is 687. The Morgan fingerprint density at radius 2 is 0.919 bits per heavy atom. The highest BCUT2D eigenvalue weighted by Crippen LogP contribution is 2.32. The summed E-state index contributed by atoms with van der Waals surface area (Å²) in [5, 5.41) is 101. The van der Waals surface area contributed by atoms with Gasteiger partial charge in [0.2, 0.25) is 0 Å². The second kappa shape index (κ2) is 13.6.